The maximum absolute atomic E-state index is 12.2. The highest BCUT2D eigenvalue weighted by Crippen LogP contribution is 2.36. The predicted molar refractivity (Wildman–Crippen MR) is 76.0 cm³/mol. The first kappa shape index (κ1) is 12.7. The van der Waals surface area contributed by atoms with Crippen LogP contribution in [0.15, 0.2) is 24.3 Å². The van der Waals surface area contributed by atoms with Crippen molar-refractivity contribution in [1.29, 1.82) is 0 Å². The molecule has 0 aromatic heterocycles. The van der Waals surface area contributed by atoms with Gasteiger partial charge in [0.15, 0.2) is 0 Å². The standard InChI is InChI=1S/C16H22N2O/c1-11-8-9-14(13-6-3-2-5-12(11)13)18-16(19)15-7-4-10-17-15/h2-3,5-6,11,14-15,17H,4,7-10H2,1H3,(H,18,19). The SMILES string of the molecule is CC1CCC(NC(=O)C2CCCN2)c2ccccc21. The molecule has 3 rings (SSSR count). The topological polar surface area (TPSA) is 41.1 Å². The van der Waals surface area contributed by atoms with Gasteiger partial charge >= 0.3 is 0 Å². The van der Waals surface area contributed by atoms with Crippen LogP contribution >= 0.6 is 0 Å². The summed E-state index contributed by atoms with van der Waals surface area (Å²) < 4.78 is 0. The van der Waals surface area contributed by atoms with E-state index in [2.05, 4.69) is 41.8 Å². The lowest BCUT2D eigenvalue weighted by Crippen LogP contribution is -2.42. The molecule has 1 aromatic carbocycles. The van der Waals surface area contributed by atoms with E-state index in [9.17, 15) is 4.79 Å². The number of hydrogen-bond donors (Lipinski definition) is 2. The average molecular weight is 258 g/mol. The molecule has 1 aliphatic heterocycles. The van der Waals surface area contributed by atoms with Gasteiger partial charge in [0.2, 0.25) is 5.91 Å². The Morgan fingerprint density at radius 2 is 2.00 bits per heavy atom. The summed E-state index contributed by atoms with van der Waals surface area (Å²) in [7, 11) is 0. The van der Waals surface area contributed by atoms with Crippen LogP contribution in [0, 0.1) is 0 Å². The van der Waals surface area contributed by atoms with Gasteiger partial charge in [-0.2, -0.15) is 0 Å². The van der Waals surface area contributed by atoms with Crippen molar-refractivity contribution in [2.24, 2.45) is 0 Å². The van der Waals surface area contributed by atoms with E-state index in [1.54, 1.807) is 0 Å². The van der Waals surface area contributed by atoms with Gasteiger partial charge in [-0.05, 0) is 49.3 Å². The summed E-state index contributed by atoms with van der Waals surface area (Å²) in [4.78, 5) is 12.2. The zero-order valence-corrected chi connectivity index (χ0v) is 11.5. The van der Waals surface area contributed by atoms with E-state index in [0.717, 1.165) is 32.2 Å². The molecular weight excluding hydrogens is 236 g/mol. The van der Waals surface area contributed by atoms with Crippen LogP contribution in [0.3, 0.4) is 0 Å². The number of carbonyl (C=O) groups is 1. The van der Waals surface area contributed by atoms with Gasteiger partial charge in [0.25, 0.3) is 0 Å². The third-order valence-corrected chi connectivity index (χ3v) is 4.48. The van der Waals surface area contributed by atoms with Crippen molar-refractivity contribution in [3.05, 3.63) is 35.4 Å². The van der Waals surface area contributed by atoms with Crippen molar-refractivity contribution < 1.29 is 4.79 Å². The Labute approximate surface area is 114 Å². The number of rotatable bonds is 2. The minimum Gasteiger partial charge on any atom is -0.348 e. The van der Waals surface area contributed by atoms with Gasteiger partial charge in [-0.25, -0.2) is 0 Å². The molecule has 0 radical (unpaired) electrons. The van der Waals surface area contributed by atoms with Gasteiger partial charge in [-0.1, -0.05) is 31.2 Å². The van der Waals surface area contributed by atoms with Crippen molar-refractivity contribution in [1.82, 2.24) is 10.6 Å². The van der Waals surface area contributed by atoms with Crippen LogP contribution in [0.5, 0.6) is 0 Å². The molecule has 19 heavy (non-hydrogen) atoms. The Morgan fingerprint density at radius 1 is 1.21 bits per heavy atom. The second kappa shape index (κ2) is 5.33. The van der Waals surface area contributed by atoms with Crippen LogP contribution in [-0.4, -0.2) is 18.5 Å². The molecule has 1 fully saturated rings. The molecule has 102 valence electrons. The van der Waals surface area contributed by atoms with E-state index in [0.29, 0.717) is 5.92 Å². The number of fused-ring (bicyclic) bond motifs is 1. The highest BCUT2D eigenvalue weighted by atomic mass is 16.2. The van der Waals surface area contributed by atoms with E-state index in [-0.39, 0.29) is 18.0 Å². The molecule has 0 bridgehead atoms. The van der Waals surface area contributed by atoms with Crippen molar-refractivity contribution in [2.75, 3.05) is 6.54 Å². The second-order valence-electron chi connectivity index (χ2n) is 5.82. The van der Waals surface area contributed by atoms with Crippen LogP contribution < -0.4 is 10.6 Å². The third-order valence-electron chi connectivity index (χ3n) is 4.48. The first-order chi connectivity index (χ1) is 9.25. The average Bonchev–Trinajstić information content (AvgIpc) is 2.96. The minimum atomic E-state index is 0.0199. The molecule has 3 atom stereocenters. The summed E-state index contributed by atoms with van der Waals surface area (Å²) in [5.74, 6) is 0.779. The van der Waals surface area contributed by atoms with Gasteiger partial charge in [0.05, 0.1) is 12.1 Å². The van der Waals surface area contributed by atoms with Crippen LogP contribution in [0.1, 0.15) is 55.7 Å². The summed E-state index contributed by atoms with van der Waals surface area (Å²) in [6.45, 7) is 3.24. The van der Waals surface area contributed by atoms with Crippen LogP contribution in [0.2, 0.25) is 0 Å². The van der Waals surface area contributed by atoms with Gasteiger partial charge in [0, 0.05) is 0 Å². The lowest BCUT2D eigenvalue weighted by atomic mass is 9.81. The summed E-state index contributed by atoms with van der Waals surface area (Å²) >= 11 is 0. The van der Waals surface area contributed by atoms with E-state index in [1.807, 2.05) is 0 Å². The molecule has 1 heterocycles. The Morgan fingerprint density at radius 3 is 2.74 bits per heavy atom. The predicted octanol–water partition coefficient (Wildman–Crippen LogP) is 2.49. The molecule has 0 saturated carbocycles. The summed E-state index contributed by atoms with van der Waals surface area (Å²) in [6.07, 6.45) is 4.28. The third kappa shape index (κ3) is 2.52. The fourth-order valence-electron chi connectivity index (χ4n) is 3.34. The Balaban J connectivity index is 1.75. The molecular formula is C16H22N2O. The van der Waals surface area contributed by atoms with Gasteiger partial charge in [0.1, 0.15) is 0 Å². The zero-order chi connectivity index (χ0) is 13.2. The first-order valence-electron chi connectivity index (χ1n) is 7.38. The van der Waals surface area contributed by atoms with Crippen LogP contribution in [-0.2, 0) is 4.79 Å². The molecule has 1 saturated heterocycles. The number of hydrogen-bond acceptors (Lipinski definition) is 2. The minimum absolute atomic E-state index is 0.0199. The maximum atomic E-state index is 12.2. The van der Waals surface area contributed by atoms with Crippen molar-refractivity contribution >= 4 is 5.91 Å². The number of carbonyl (C=O) groups excluding carboxylic acids is 1. The molecule has 1 amide bonds. The molecule has 0 spiro atoms. The molecule has 3 unspecified atom stereocenters. The van der Waals surface area contributed by atoms with Crippen LogP contribution in [0.4, 0.5) is 0 Å². The van der Waals surface area contributed by atoms with E-state index < -0.39 is 0 Å². The van der Waals surface area contributed by atoms with Crippen molar-refractivity contribution in [3.8, 4) is 0 Å². The van der Waals surface area contributed by atoms with E-state index in [4.69, 9.17) is 0 Å². The first-order valence-corrected chi connectivity index (χ1v) is 7.38. The summed E-state index contributed by atoms with van der Waals surface area (Å²) in [6, 6.07) is 8.75. The Hall–Kier alpha value is -1.35. The second-order valence-corrected chi connectivity index (χ2v) is 5.82. The van der Waals surface area contributed by atoms with Crippen molar-refractivity contribution in [3.63, 3.8) is 0 Å². The number of benzene rings is 1. The molecule has 1 aromatic rings. The Kier molecular flexibility index (Phi) is 3.56. The maximum Gasteiger partial charge on any atom is 0.237 e. The largest absolute Gasteiger partial charge is 0.348 e. The van der Waals surface area contributed by atoms with E-state index >= 15 is 0 Å². The lowest BCUT2D eigenvalue weighted by molar-refractivity contribution is -0.123. The monoisotopic (exact) mass is 258 g/mol. The summed E-state index contributed by atoms with van der Waals surface area (Å²) in [5, 5.41) is 6.50. The highest BCUT2D eigenvalue weighted by molar-refractivity contribution is 5.82. The number of amides is 1. The molecule has 2 aliphatic rings. The molecule has 3 nitrogen and oxygen atoms in total. The zero-order valence-electron chi connectivity index (χ0n) is 11.5. The molecule has 2 N–H and O–H groups in total. The van der Waals surface area contributed by atoms with E-state index in [1.165, 1.54) is 11.1 Å². The van der Waals surface area contributed by atoms with Gasteiger partial charge in [-0.15, -0.1) is 0 Å². The molecule has 1 aliphatic carbocycles. The normalized spacial score (nSPS) is 29.8. The van der Waals surface area contributed by atoms with Gasteiger partial charge < -0.3 is 10.6 Å². The molecule has 3 heteroatoms. The fraction of sp³-hybridized carbons (Fsp3) is 0.562. The lowest BCUT2D eigenvalue weighted by Gasteiger charge is -2.31. The van der Waals surface area contributed by atoms with Crippen molar-refractivity contribution in [2.45, 2.75) is 50.6 Å². The quantitative estimate of drug-likeness (QED) is 0.855. The van der Waals surface area contributed by atoms with Crippen LogP contribution in [0.25, 0.3) is 0 Å². The summed E-state index contributed by atoms with van der Waals surface area (Å²) in [5.41, 5.74) is 2.71. The Bertz CT molecular complexity index is 466. The van der Waals surface area contributed by atoms with Gasteiger partial charge in [-0.3, -0.25) is 4.79 Å². The fourth-order valence-corrected chi connectivity index (χ4v) is 3.34. The smallest absolute Gasteiger partial charge is 0.237 e. The number of nitrogens with one attached hydrogen (secondary N) is 2. The highest BCUT2D eigenvalue weighted by Gasteiger charge is 2.28.